The summed E-state index contributed by atoms with van der Waals surface area (Å²) >= 11 is 0. The van der Waals surface area contributed by atoms with E-state index in [0.717, 1.165) is 5.56 Å². The van der Waals surface area contributed by atoms with Gasteiger partial charge in [0.15, 0.2) is 0 Å². The van der Waals surface area contributed by atoms with E-state index in [-0.39, 0.29) is 51.4 Å². The summed E-state index contributed by atoms with van der Waals surface area (Å²) in [6.45, 7) is 0. The number of nitrogen functional groups attached to an aromatic ring is 1. The third-order valence-electron chi connectivity index (χ3n) is 1.72. The average Bonchev–Trinajstić information content (AvgIpc) is 2.71. The van der Waals surface area contributed by atoms with Crippen molar-refractivity contribution in [1.82, 2.24) is 4.98 Å². The van der Waals surface area contributed by atoms with E-state index in [4.69, 9.17) is 5.73 Å². The fourth-order valence-corrected chi connectivity index (χ4v) is 1.05. The Bertz CT molecular complexity index is 246. The molecule has 2 N–H and O–H groups in total. The molecule has 1 saturated carbocycles. The zero-order valence-corrected chi connectivity index (χ0v) is 9.79. The van der Waals surface area contributed by atoms with Crippen molar-refractivity contribution in [2.75, 3.05) is 5.73 Å². The summed E-state index contributed by atoms with van der Waals surface area (Å²) in [5, 5.41) is 0. The molecule has 1 fully saturated rings. The fraction of sp³-hybridized carbons (Fsp3) is 0.250. The van der Waals surface area contributed by atoms with Crippen molar-refractivity contribution in [3.8, 4) is 0 Å². The average molecular weight is 172 g/mol. The molecule has 0 atom stereocenters. The molecule has 0 spiro atoms. The van der Waals surface area contributed by atoms with Gasteiger partial charge in [0.1, 0.15) is 0 Å². The van der Waals surface area contributed by atoms with Gasteiger partial charge < -0.3 is 10.7 Å². The standard InChI is InChI=1S/C8H9N2.K/c9-8-7(6-3-4-6)2-1-5-10-8;/h1-2,5H,3-4H2,(H2,9,10);/q-1;+1. The van der Waals surface area contributed by atoms with Crippen LogP contribution in [0.15, 0.2) is 18.3 Å². The van der Waals surface area contributed by atoms with Gasteiger partial charge in [-0.05, 0) is 0 Å². The van der Waals surface area contributed by atoms with Crippen LogP contribution < -0.4 is 57.1 Å². The Kier molecular flexibility index (Phi) is 3.40. The molecule has 11 heavy (non-hydrogen) atoms. The van der Waals surface area contributed by atoms with Gasteiger partial charge in [-0.25, -0.2) is 0 Å². The number of hydrogen-bond acceptors (Lipinski definition) is 2. The molecule has 0 aliphatic heterocycles. The van der Waals surface area contributed by atoms with Gasteiger partial charge in [0.05, 0.1) is 0 Å². The van der Waals surface area contributed by atoms with Crippen molar-refractivity contribution in [1.29, 1.82) is 0 Å². The monoisotopic (exact) mass is 172 g/mol. The molecule has 0 bridgehead atoms. The maximum atomic E-state index is 5.63. The van der Waals surface area contributed by atoms with Gasteiger partial charge in [0.25, 0.3) is 0 Å². The van der Waals surface area contributed by atoms with Crippen LogP contribution in [0.4, 0.5) is 5.82 Å². The summed E-state index contributed by atoms with van der Waals surface area (Å²) in [5.41, 5.74) is 6.78. The first-order valence-electron chi connectivity index (χ1n) is 3.43. The van der Waals surface area contributed by atoms with Crippen LogP contribution in [0.2, 0.25) is 0 Å². The van der Waals surface area contributed by atoms with Crippen LogP contribution in [-0.4, -0.2) is 4.98 Å². The Hall–Kier alpha value is 0.456. The molecule has 1 heterocycles. The van der Waals surface area contributed by atoms with Crippen molar-refractivity contribution in [2.45, 2.75) is 12.8 Å². The number of aromatic nitrogens is 1. The zero-order valence-electron chi connectivity index (χ0n) is 6.67. The van der Waals surface area contributed by atoms with Gasteiger partial charge in [0.2, 0.25) is 0 Å². The summed E-state index contributed by atoms with van der Waals surface area (Å²) in [6.07, 6.45) is 4.13. The number of nitrogens with zero attached hydrogens (tertiary/aromatic N) is 1. The molecule has 0 saturated heterocycles. The predicted molar refractivity (Wildman–Crippen MR) is 40.2 cm³/mol. The molecule has 2 nitrogen and oxygen atoms in total. The van der Waals surface area contributed by atoms with Crippen molar-refractivity contribution in [3.05, 3.63) is 29.8 Å². The molecule has 0 unspecified atom stereocenters. The predicted octanol–water partition coefficient (Wildman–Crippen LogP) is -1.62. The van der Waals surface area contributed by atoms with E-state index in [1.807, 2.05) is 12.1 Å². The van der Waals surface area contributed by atoms with Crippen LogP contribution in [0.25, 0.3) is 0 Å². The normalized spacial score (nSPS) is 14.0. The fourth-order valence-electron chi connectivity index (χ4n) is 1.05. The molecular weight excluding hydrogens is 163 g/mol. The first-order valence-corrected chi connectivity index (χ1v) is 3.43. The summed E-state index contributed by atoms with van der Waals surface area (Å²) < 4.78 is 0. The third kappa shape index (κ3) is 2.20. The first kappa shape index (κ1) is 9.54. The minimum Gasteiger partial charge on any atom is -0.434 e. The Morgan fingerprint density at radius 1 is 1.45 bits per heavy atom. The number of nitrogens with two attached hydrogens (primary N) is 1. The summed E-state index contributed by atoms with van der Waals surface area (Å²) in [7, 11) is 0. The second-order valence-electron chi connectivity index (χ2n) is 2.54. The molecule has 1 aromatic rings. The topological polar surface area (TPSA) is 38.9 Å². The largest absolute Gasteiger partial charge is 1.00 e. The molecule has 0 amide bonds. The minimum absolute atomic E-state index is 0. The molecule has 0 radical (unpaired) electrons. The smallest absolute Gasteiger partial charge is 0.434 e. The van der Waals surface area contributed by atoms with Gasteiger partial charge in [-0.2, -0.15) is 12.0 Å². The van der Waals surface area contributed by atoms with Crippen LogP contribution in [0.5, 0.6) is 0 Å². The van der Waals surface area contributed by atoms with E-state index in [0.29, 0.717) is 5.82 Å². The van der Waals surface area contributed by atoms with E-state index >= 15 is 0 Å². The SMILES string of the molecule is Nc1ncccc1[C-]1CC1.[K+]. The second-order valence-corrected chi connectivity index (χ2v) is 2.54. The summed E-state index contributed by atoms with van der Waals surface area (Å²) in [5.74, 6) is 2.13. The van der Waals surface area contributed by atoms with Crippen LogP contribution in [0.3, 0.4) is 0 Å². The minimum atomic E-state index is 0. The van der Waals surface area contributed by atoms with Crippen LogP contribution in [0.1, 0.15) is 18.4 Å². The van der Waals surface area contributed by atoms with Gasteiger partial charge in [0, 0.05) is 12.0 Å². The van der Waals surface area contributed by atoms with E-state index in [1.165, 1.54) is 18.8 Å². The van der Waals surface area contributed by atoms with Gasteiger partial charge in [-0.3, -0.25) is 0 Å². The van der Waals surface area contributed by atoms with Crippen molar-refractivity contribution >= 4 is 5.82 Å². The Balaban J connectivity index is 0.000000605. The summed E-state index contributed by atoms with van der Waals surface area (Å²) in [4.78, 5) is 4.00. The van der Waals surface area contributed by atoms with Gasteiger partial charge >= 0.3 is 51.4 Å². The number of anilines is 1. The van der Waals surface area contributed by atoms with Gasteiger partial charge in [-0.1, -0.05) is 12.8 Å². The van der Waals surface area contributed by atoms with Crippen LogP contribution in [0, 0.1) is 5.92 Å². The third-order valence-corrected chi connectivity index (χ3v) is 1.72. The Morgan fingerprint density at radius 3 is 2.73 bits per heavy atom. The number of pyridine rings is 1. The zero-order chi connectivity index (χ0) is 6.97. The number of rotatable bonds is 1. The molecule has 2 rings (SSSR count). The van der Waals surface area contributed by atoms with Crippen LogP contribution >= 0.6 is 0 Å². The van der Waals surface area contributed by atoms with Crippen LogP contribution in [-0.2, 0) is 0 Å². The molecule has 0 aromatic carbocycles. The van der Waals surface area contributed by atoms with Crippen molar-refractivity contribution in [3.63, 3.8) is 0 Å². The molecule has 1 aliphatic rings. The maximum absolute atomic E-state index is 5.63. The van der Waals surface area contributed by atoms with E-state index < -0.39 is 0 Å². The first-order chi connectivity index (χ1) is 4.88. The van der Waals surface area contributed by atoms with E-state index in [2.05, 4.69) is 4.98 Å². The Labute approximate surface area is 109 Å². The second kappa shape index (κ2) is 3.91. The maximum Gasteiger partial charge on any atom is 1.00 e. The molecule has 1 aliphatic carbocycles. The van der Waals surface area contributed by atoms with Gasteiger partial charge in [-0.15, -0.1) is 11.6 Å². The Morgan fingerprint density at radius 2 is 2.18 bits per heavy atom. The van der Waals surface area contributed by atoms with E-state index in [1.54, 1.807) is 6.20 Å². The molecule has 3 heteroatoms. The summed E-state index contributed by atoms with van der Waals surface area (Å²) in [6, 6.07) is 3.96. The molecule has 52 valence electrons. The van der Waals surface area contributed by atoms with Crippen molar-refractivity contribution < 1.29 is 51.4 Å². The molecular formula is C8H9KN2. The van der Waals surface area contributed by atoms with Crippen molar-refractivity contribution in [2.24, 2.45) is 0 Å². The van der Waals surface area contributed by atoms with E-state index in [9.17, 15) is 0 Å². The quantitative estimate of drug-likeness (QED) is 0.409. The molecule has 1 aromatic heterocycles. The number of hydrogen-bond donors (Lipinski definition) is 1.